The van der Waals surface area contributed by atoms with Crippen molar-refractivity contribution in [2.45, 2.75) is 25.7 Å². The monoisotopic (exact) mass is 283 g/mol. The second-order valence-corrected chi connectivity index (χ2v) is 4.89. The smallest absolute Gasteiger partial charge is 0.415 e. The Morgan fingerprint density at radius 3 is 2.42 bits per heavy atom. The SMILES string of the molecule is CCN(CC)C(=O)Oc1c(OC)cc(C)cc1SC. The van der Waals surface area contributed by atoms with Gasteiger partial charge >= 0.3 is 6.09 Å². The molecule has 0 spiro atoms. The fraction of sp³-hybridized carbons (Fsp3) is 0.500. The standard InChI is InChI=1S/C14H21NO3S/c1-6-15(7-2)14(16)18-13-11(17-4)8-10(3)9-12(13)19-5/h8-9H,6-7H2,1-5H3. The number of aryl methyl sites for hydroxylation is 1. The highest BCUT2D eigenvalue weighted by Gasteiger charge is 2.18. The van der Waals surface area contributed by atoms with Crippen molar-refractivity contribution < 1.29 is 14.3 Å². The normalized spacial score (nSPS) is 10.2. The van der Waals surface area contributed by atoms with Crippen LogP contribution in [-0.4, -0.2) is 37.4 Å². The Labute approximate surface area is 119 Å². The predicted molar refractivity (Wildman–Crippen MR) is 78.5 cm³/mol. The zero-order valence-corrected chi connectivity index (χ0v) is 13.0. The molecule has 0 aliphatic carbocycles. The molecule has 4 nitrogen and oxygen atoms in total. The first-order valence-corrected chi connectivity index (χ1v) is 7.49. The molecule has 19 heavy (non-hydrogen) atoms. The van der Waals surface area contributed by atoms with Crippen LogP contribution in [0.2, 0.25) is 0 Å². The van der Waals surface area contributed by atoms with Crippen LogP contribution < -0.4 is 9.47 Å². The van der Waals surface area contributed by atoms with Crippen molar-refractivity contribution in [2.75, 3.05) is 26.5 Å². The van der Waals surface area contributed by atoms with Crippen LogP contribution in [0, 0.1) is 6.92 Å². The third-order valence-electron chi connectivity index (χ3n) is 2.82. The topological polar surface area (TPSA) is 38.8 Å². The average molecular weight is 283 g/mol. The Kier molecular flexibility index (Phi) is 6.02. The highest BCUT2D eigenvalue weighted by Crippen LogP contribution is 2.38. The Hall–Kier alpha value is -1.36. The third-order valence-corrected chi connectivity index (χ3v) is 3.56. The molecule has 0 saturated heterocycles. The molecule has 0 radical (unpaired) electrons. The van der Waals surface area contributed by atoms with Gasteiger partial charge in [0.15, 0.2) is 11.5 Å². The third kappa shape index (κ3) is 3.80. The van der Waals surface area contributed by atoms with Crippen LogP contribution in [0.5, 0.6) is 11.5 Å². The molecule has 1 amide bonds. The largest absolute Gasteiger partial charge is 0.493 e. The van der Waals surface area contributed by atoms with Gasteiger partial charge in [0.05, 0.1) is 12.0 Å². The molecule has 1 aromatic carbocycles. The van der Waals surface area contributed by atoms with Gasteiger partial charge < -0.3 is 14.4 Å². The number of ether oxygens (including phenoxy) is 2. The molecule has 0 unspecified atom stereocenters. The molecular formula is C14H21NO3S. The van der Waals surface area contributed by atoms with Gasteiger partial charge in [-0.3, -0.25) is 0 Å². The van der Waals surface area contributed by atoms with Gasteiger partial charge in [-0.1, -0.05) is 0 Å². The Bertz CT molecular complexity index is 419. The summed E-state index contributed by atoms with van der Waals surface area (Å²) in [5.74, 6) is 1.09. The minimum atomic E-state index is -0.345. The first-order valence-electron chi connectivity index (χ1n) is 6.26. The summed E-state index contributed by atoms with van der Waals surface area (Å²) in [7, 11) is 1.58. The number of benzene rings is 1. The van der Waals surface area contributed by atoms with E-state index in [2.05, 4.69) is 0 Å². The van der Waals surface area contributed by atoms with Gasteiger partial charge in [0.2, 0.25) is 0 Å². The Morgan fingerprint density at radius 2 is 1.95 bits per heavy atom. The molecule has 1 aromatic rings. The van der Waals surface area contributed by atoms with Crippen LogP contribution in [-0.2, 0) is 0 Å². The fourth-order valence-electron chi connectivity index (χ4n) is 1.75. The predicted octanol–water partition coefficient (Wildman–Crippen LogP) is 3.57. The maximum atomic E-state index is 12.0. The molecule has 106 valence electrons. The second-order valence-electron chi connectivity index (χ2n) is 4.04. The van der Waals surface area contributed by atoms with E-state index in [0.29, 0.717) is 24.6 Å². The van der Waals surface area contributed by atoms with Gasteiger partial charge in [-0.2, -0.15) is 0 Å². The number of rotatable bonds is 5. The summed E-state index contributed by atoms with van der Waals surface area (Å²) in [6, 6.07) is 3.85. The summed E-state index contributed by atoms with van der Waals surface area (Å²) < 4.78 is 10.8. The summed E-state index contributed by atoms with van der Waals surface area (Å²) in [6.45, 7) is 7.08. The van der Waals surface area contributed by atoms with Gasteiger partial charge in [0.25, 0.3) is 0 Å². The highest BCUT2D eigenvalue weighted by atomic mass is 32.2. The van der Waals surface area contributed by atoms with Crippen molar-refractivity contribution in [1.82, 2.24) is 4.90 Å². The summed E-state index contributed by atoms with van der Waals surface area (Å²) in [5.41, 5.74) is 1.07. The van der Waals surface area contributed by atoms with Crippen LogP contribution >= 0.6 is 11.8 Å². The van der Waals surface area contributed by atoms with E-state index < -0.39 is 0 Å². The van der Waals surface area contributed by atoms with Crippen LogP contribution in [0.4, 0.5) is 4.79 Å². The Balaban J connectivity index is 3.08. The van der Waals surface area contributed by atoms with Crippen LogP contribution in [0.15, 0.2) is 17.0 Å². The number of amides is 1. The van der Waals surface area contributed by atoms with Gasteiger partial charge in [-0.25, -0.2) is 4.79 Å². The highest BCUT2D eigenvalue weighted by molar-refractivity contribution is 7.98. The number of hydrogen-bond donors (Lipinski definition) is 0. The molecule has 5 heteroatoms. The molecule has 1 rings (SSSR count). The molecule has 0 heterocycles. The lowest BCUT2D eigenvalue weighted by Crippen LogP contribution is -2.33. The maximum absolute atomic E-state index is 12.0. The number of carbonyl (C=O) groups is 1. The Morgan fingerprint density at radius 1 is 1.32 bits per heavy atom. The van der Waals surface area contributed by atoms with Crippen molar-refractivity contribution in [3.05, 3.63) is 17.7 Å². The van der Waals surface area contributed by atoms with Gasteiger partial charge in [-0.05, 0) is 44.7 Å². The number of carbonyl (C=O) groups excluding carboxylic acids is 1. The molecule has 0 fully saturated rings. The molecule has 0 aliphatic rings. The first-order chi connectivity index (χ1) is 9.07. The maximum Gasteiger partial charge on any atom is 0.415 e. The van der Waals surface area contributed by atoms with Crippen molar-refractivity contribution in [3.8, 4) is 11.5 Å². The lowest BCUT2D eigenvalue weighted by Gasteiger charge is -2.20. The average Bonchev–Trinajstić information content (AvgIpc) is 2.41. The van der Waals surface area contributed by atoms with Crippen molar-refractivity contribution in [3.63, 3.8) is 0 Å². The van der Waals surface area contributed by atoms with E-state index in [-0.39, 0.29) is 6.09 Å². The fourth-order valence-corrected chi connectivity index (χ4v) is 2.38. The van der Waals surface area contributed by atoms with Gasteiger partial charge in [0, 0.05) is 13.1 Å². The minimum Gasteiger partial charge on any atom is -0.493 e. The van der Waals surface area contributed by atoms with Crippen LogP contribution in [0.1, 0.15) is 19.4 Å². The quantitative estimate of drug-likeness (QED) is 0.774. The van der Waals surface area contributed by atoms with E-state index in [0.717, 1.165) is 10.5 Å². The molecule has 0 bridgehead atoms. The lowest BCUT2D eigenvalue weighted by molar-refractivity contribution is 0.154. The second kappa shape index (κ2) is 7.28. The number of hydrogen-bond acceptors (Lipinski definition) is 4. The molecule has 0 aliphatic heterocycles. The molecule has 0 atom stereocenters. The van der Waals surface area contributed by atoms with Crippen molar-refractivity contribution in [1.29, 1.82) is 0 Å². The molecular weight excluding hydrogens is 262 g/mol. The lowest BCUT2D eigenvalue weighted by atomic mass is 10.2. The number of thioether (sulfide) groups is 1. The van der Waals surface area contributed by atoms with E-state index in [9.17, 15) is 4.79 Å². The zero-order valence-electron chi connectivity index (χ0n) is 12.1. The summed E-state index contributed by atoms with van der Waals surface area (Å²) >= 11 is 1.53. The van der Waals surface area contributed by atoms with Crippen LogP contribution in [0.25, 0.3) is 0 Å². The van der Waals surface area contributed by atoms with Crippen molar-refractivity contribution >= 4 is 17.9 Å². The van der Waals surface area contributed by atoms with E-state index in [1.54, 1.807) is 12.0 Å². The van der Waals surface area contributed by atoms with E-state index in [1.165, 1.54) is 11.8 Å². The molecule has 0 aromatic heterocycles. The first kappa shape index (κ1) is 15.7. The van der Waals surface area contributed by atoms with Crippen molar-refractivity contribution in [2.24, 2.45) is 0 Å². The van der Waals surface area contributed by atoms with E-state index in [1.807, 2.05) is 39.2 Å². The van der Waals surface area contributed by atoms with Gasteiger partial charge in [-0.15, -0.1) is 11.8 Å². The zero-order chi connectivity index (χ0) is 14.4. The van der Waals surface area contributed by atoms with E-state index >= 15 is 0 Å². The molecule has 0 N–H and O–H groups in total. The minimum absolute atomic E-state index is 0.345. The summed E-state index contributed by atoms with van der Waals surface area (Å²) in [5, 5.41) is 0. The van der Waals surface area contributed by atoms with Gasteiger partial charge in [0.1, 0.15) is 0 Å². The number of methoxy groups -OCH3 is 1. The number of nitrogens with zero attached hydrogens (tertiary/aromatic N) is 1. The molecule has 0 saturated carbocycles. The van der Waals surface area contributed by atoms with E-state index in [4.69, 9.17) is 9.47 Å². The summed E-state index contributed by atoms with van der Waals surface area (Å²) in [6.07, 6.45) is 1.60. The van der Waals surface area contributed by atoms with Crippen LogP contribution in [0.3, 0.4) is 0 Å². The summed E-state index contributed by atoms with van der Waals surface area (Å²) in [4.78, 5) is 14.6.